The normalized spacial score (nSPS) is 16.4. The van der Waals surface area contributed by atoms with Crippen LogP contribution in [0.2, 0.25) is 0 Å². The number of halogens is 3. The van der Waals surface area contributed by atoms with Gasteiger partial charge in [0.05, 0.1) is 5.92 Å². The molecule has 0 radical (unpaired) electrons. The number of aryl methyl sites for hydroxylation is 1. The molecule has 3 aromatic rings. The minimum absolute atomic E-state index is 0.156. The highest BCUT2D eigenvalue weighted by Crippen LogP contribution is 2.36. The van der Waals surface area contributed by atoms with Gasteiger partial charge in [-0.15, -0.1) is 15.3 Å². The maximum Gasteiger partial charge on any atom is 0.453 e. The van der Waals surface area contributed by atoms with Crippen molar-refractivity contribution in [1.82, 2.24) is 14.9 Å². The summed E-state index contributed by atoms with van der Waals surface area (Å²) in [6.07, 6.45) is -4.35. The quantitative estimate of drug-likeness (QED) is 0.665. The Bertz CT molecular complexity index is 995. The zero-order valence-corrected chi connectivity index (χ0v) is 15.0. The molecule has 0 saturated heterocycles. The first-order chi connectivity index (χ1) is 13.4. The number of fused-ring (bicyclic) bond motifs is 1. The van der Waals surface area contributed by atoms with Gasteiger partial charge in [0.1, 0.15) is 6.61 Å². The van der Waals surface area contributed by atoms with Crippen molar-refractivity contribution in [2.75, 3.05) is 0 Å². The number of hydrogen-bond acceptors (Lipinski definition) is 4. The van der Waals surface area contributed by atoms with Crippen molar-refractivity contribution in [2.45, 2.75) is 32.0 Å². The Kier molecular flexibility index (Phi) is 4.62. The number of aromatic nitrogens is 3. The average molecular weight is 386 g/mol. The molecule has 0 bridgehead atoms. The maximum atomic E-state index is 13.3. The number of hydrogen-bond donors (Lipinski definition) is 0. The summed E-state index contributed by atoms with van der Waals surface area (Å²) in [6, 6.07) is 17.0. The Morgan fingerprint density at radius 1 is 1.04 bits per heavy atom. The maximum absolute atomic E-state index is 13.3. The van der Waals surface area contributed by atoms with Gasteiger partial charge in [-0.25, -0.2) is 0 Å². The third-order valence-corrected chi connectivity index (χ3v) is 4.55. The predicted octanol–water partition coefficient (Wildman–Crippen LogP) is 4.52. The van der Waals surface area contributed by atoms with Crippen LogP contribution in [0.3, 0.4) is 0 Å². The molecule has 28 heavy (non-hydrogen) atoms. The van der Waals surface area contributed by atoms with Crippen LogP contribution in [0.25, 0.3) is 0 Å². The third-order valence-electron chi connectivity index (χ3n) is 4.55. The fourth-order valence-electron chi connectivity index (χ4n) is 3.10. The number of ether oxygens (including phenoxy) is 1. The zero-order chi connectivity index (χ0) is 19.7. The first kappa shape index (κ1) is 18.2. The first-order valence-electron chi connectivity index (χ1n) is 8.75. The molecular weight excluding hydrogens is 369 g/mol. The summed E-state index contributed by atoms with van der Waals surface area (Å²) < 4.78 is 46.5. The van der Waals surface area contributed by atoms with Crippen LogP contribution in [0.4, 0.5) is 13.2 Å². The summed E-state index contributed by atoms with van der Waals surface area (Å²) in [5.41, 5.74) is 2.80. The predicted molar refractivity (Wildman–Crippen MR) is 96.7 cm³/mol. The van der Waals surface area contributed by atoms with Gasteiger partial charge >= 0.3 is 6.18 Å². The summed E-state index contributed by atoms with van der Waals surface area (Å²) in [6.45, 7) is 2.17. The Hall–Kier alpha value is -3.16. The summed E-state index contributed by atoms with van der Waals surface area (Å²) in [5, 5.41) is 11.2. The molecule has 1 aliphatic heterocycles. The van der Waals surface area contributed by atoms with Crippen LogP contribution >= 0.6 is 0 Å². The number of rotatable bonds is 3. The lowest BCUT2D eigenvalue weighted by molar-refractivity contribution is -0.147. The van der Waals surface area contributed by atoms with Crippen LogP contribution in [0.15, 0.2) is 59.7 Å². The first-order valence-corrected chi connectivity index (χ1v) is 8.75. The monoisotopic (exact) mass is 386 g/mol. The molecule has 0 aliphatic carbocycles. The molecule has 144 valence electrons. The lowest BCUT2D eigenvalue weighted by Crippen LogP contribution is -2.24. The topological polar surface area (TPSA) is 52.3 Å². The molecule has 1 aromatic heterocycles. The van der Waals surface area contributed by atoms with Crippen LogP contribution in [-0.4, -0.2) is 20.8 Å². The van der Waals surface area contributed by atoms with Crippen molar-refractivity contribution in [1.29, 1.82) is 0 Å². The highest BCUT2D eigenvalue weighted by atomic mass is 19.4. The SMILES string of the molecule is Cc1ccc(C2CC(OCc3ccccc3)=Nn3c2nnc3C(F)(F)F)cc1. The van der Waals surface area contributed by atoms with E-state index in [2.05, 4.69) is 15.3 Å². The molecule has 1 aliphatic rings. The molecule has 0 spiro atoms. The van der Waals surface area contributed by atoms with Crippen LogP contribution in [0.1, 0.15) is 40.7 Å². The minimum Gasteiger partial charge on any atom is -0.475 e. The molecule has 1 atom stereocenters. The van der Waals surface area contributed by atoms with Crippen LogP contribution in [0, 0.1) is 6.92 Å². The van der Waals surface area contributed by atoms with Gasteiger partial charge in [0.15, 0.2) is 5.82 Å². The van der Waals surface area contributed by atoms with Gasteiger partial charge in [-0.05, 0) is 18.1 Å². The van der Waals surface area contributed by atoms with E-state index in [-0.39, 0.29) is 18.3 Å². The molecule has 8 heteroatoms. The van der Waals surface area contributed by atoms with Gasteiger partial charge in [0, 0.05) is 6.42 Å². The van der Waals surface area contributed by atoms with E-state index >= 15 is 0 Å². The van der Waals surface area contributed by atoms with E-state index < -0.39 is 17.9 Å². The van der Waals surface area contributed by atoms with Gasteiger partial charge in [-0.1, -0.05) is 60.2 Å². The minimum atomic E-state index is -4.66. The van der Waals surface area contributed by atoms with E-state index in [1.807, 2.05) is 61.5 Å². The third kappa shape index (κ3) is 3.62. The van der Waals surface area contributed by atoms with Crippen molar-refractivity contribution in [2.24, 2.45) is 5.10 Å². The van der Waals surface area contributed by atoms with E-state index in [0.29, 0.717) is 6.42 Å². The Morgan fingerprint density at radius 2 is 1.75 bits per heavy atom. The molecule has 4 rings (SSSR count). The Balaban J connectivity index is 1.70. The molecule has 0 amide bonds. The highest BCUT2D eigenvalue weighted by molar-refractivity contribution is 5.78. The van der Waals surface area contributed by atoms with Crippen molar-refractivity contribution >= 4 is 5.90 Å². The van der Waals surface area contributed by atoms with Crippen molar-refractivity contribution < 1.29 is 17.9 Å². The molecule has 0 N–H and O–H groups in total. The van der Waals surface area contributed by atoms with Crippen LogP contribution in [-0.2, 0) is 17.5 Å². The van der Waals surface area contributed by atoms with Crippen LogP contribution in [0.5, 0.6) is 0 Å². The van der Waals surface area contributed by atoms with E-state index in [4.69, 9.17) is 4.74 Å². The second-order valence-electron chi connectivity index (χ2n) is 6.63. The van der Waals surface area contributed by atoms with Gasteiger partial charge in [-0.3, -0.25) is 0 Å². The van der Waals surface area contributed by atoms with Crippen molar-refractivity contribution in [3.63, 3.8) is 0 Å². The zero-order valence-electron chi connectivity index (χ0n) is 15.0. The van der Waals surface area contributed by atoms with E-state index in [1.54, 1.807) is 0 Å². The van der Waals surface area contributed by atoms with Gasteiger partial charge in [-0.2, -0.15) is 17.8 Å². The molecule has 5 nitrogen and oxygen atoms in total. The highest BCUT2D eigenvalue weighted by Gasteiger charge is 2.42. The number of alkyl halides is 3. The lowest BCUT2D eigenvalue weighted by atomic mass is 9.93. The molecule has 1 unspecified atom stereocenters. The van der Waals surface area contributed by atoms with Gasteiger partial charge in [0.2, 0.25) is 5.90 Å². The smallest absolute Gasteiger partial charge is 0.453 e. The molecule has 2 aromatic carbocycles. The second kappa shape index (κ2) is 7.10. The molecule has 2 heterocycles. The average Bonchev–Trinajstić information content (AvgIpc) is 3.12. The Morgan fingerprint density at radius 3 is 2.43 bits per heavy atom. The van der Waals surface area contributed by atoms with Gasteiger partial charge < -0.3 is 4.74 Å². The van der Waals surface area contributed by atoms with E-state index in [9.17, 15) is 13.2 Å². The number of nitrogens with zero attached hydrogens (tertiary/aromatic N) is 4. The summed E-state index contributed by atoms with van der Waals surface area (Å²) in [5.74, 6) is -1.21. The summed E-state index contributed by atoms with van der Waals surface area (Å²) in [4.78, 5) is 0. The summed E-state index contributed by atoms with van der Waals surface area (Å²) in [7, 11) is 0. The Labute approximate surface area is 159 Å². The second-order valence-corrected chi connectivity index (χ2v) is 6.63. The molecule has 0 fully saturated rings. The standard InChI is InChI=1S/C20H17F3N4O/c1-13-7-9-15(10-8-13)16-11-17(28-12-14-5-3-2-4-6-14)26-27-18(16)24-25-19(27)20(21,22)23/h2-10,16H,11-12H2,1H3. The summed E-state index contributed by atoms with van der Waals surface area (Å²) >= 11 is 0. The van der Waals surface area contributed by atoms with Gasteiger partial charge in [0.25, 0.3) is 5.82 Å². The van der Waals surface area contributed by atoms with Crippen LogP contribution < -0.4 is 0 Å². The van der Waals surface area contributed by atoms with E-state index in [1.165, 1.54) is 0 Å². The largest absolute Gasteiger partial charge is 0.475 e. The molecule has 0 saturated carbocycles. The fraction of sp³-hybridized carbons (Fsp3) is 0.250. The fourth-order valence-corrected chi connectivity index (χ4v) is 3.10. The molecular formula is C20H17F3N4O. The number of benzene rings is 2. The van der Waals surface area contributed by atoms with E-state index in [0.717, 1.165) is 21.4 Å². The van der Waals surface area contributed by atoms with Crippen molar-refractivity contribution in [3.05, 3.63) is 82.9 Å². The lowest BCUT2D eigenvalue weighted by Gasteiger charge is -2.23. The van der Waals surface area contributed by atoms with Crippen molar-refractivity contribution in [3.8, 4) is 0 Å².